The lowest BCUT2D eigenvalue weighted by atomic mass is 9.40. The van der Waals surface area contributed by atoms with Gasteiger partial charge in [0.1, 0.15) is 5.78 Å². The van der Waals surface area contributed by atoms with E-state index >= 15 is 0 Å². The molecule has 4 aliphatic carbocycles. The van der Waals surface area contributed by atoms with Gasteiger partial charge < -0.3 is 4.79 Å². The lowest BCUT2D eigenvalue weighted by molar-refractivity contribution is -0.163. The van der Waals surface area contributed by atoms with Crippen LogP contribution in [-0.4, -0.2) is 5.78 Å². The highest BCUT2D eigenvalue weighted by molar-refractivity contribution is 5.75. The van der Waals surface area contributed by atoms with E-state index in [0.717, 1.165) is 53.8 Å². The number of ketones is 1. The van der Waals surface area contributed by atoms with E-state index in [4.69, 9.17) is 0 Å². The Morgan fingerprint density at radius 1 is 1.00 bits per heavy atom. The van der Waals surface area contributed by atoms with E-state index in [1.807, 2.05) is 0 Å². The van der Waals surface area contributed by atoms with Crippen molar-refractivity contribution in [2.75, 3.05) is 0 Å². The summed E-state index contributed by atoms with van der Waals surface area (Å²) in [6.07, 6.45) is 10.9. The zero-order valence-corrected chi connectivity index (χ0v) is 19.8. The van der Waals surface area contributed by atoms with Crippen molar-refractivity contribution in [3.8, 4) is 0 Å². The van der Waals surface area contributed by atoms with E-state index < -0.39 is 0 Å². The number of carbonyl (C=O) groups excluding carboxylic acids is 1. The summed E-state index contributed by atoms with van der Waals surface area (Å²) >= 11 is 0. The van der Waals surface area contributed by atoms with Gasteiger partial charge in [-0.25, -0.2) is 0 Å². The van der Waals surface area contributed by atoms with Crippen molar-refractivity contribution in [1.82, 2.24) is 0 Å². The van der Waals surface area contributed by atoms with Gasteiger partial charge in [-0.3, -0.25) is 0 Å². The third-order valence-electron chi connectivity index (χ3n) is 11.2. The van der Waals surface area contributed by atoms with Crippen LogP contribution < -0.4 is 0 Å². The van der Waals surface area contributed by atoms with E-state index in [1.165, 1.54) is 44.9 Å². The van der Waals surface area contributed by atoms with Crippen LogP contribution in [0.25, 0.3) is 0 Å². The summed E-state index contributed by atoms with van der Waals surface area (Å²) in [6, 6.07) is 0. The van der Waals surface area contributed by atoms with Crippen LogP contribution >= 0.6 is 0 Å². The molecule has 0 aliphatic heterocycles. The molecule has 11 atom stereocenters. The quantitative estimate of drug-likeness (QED) is 0.494. The SMILES string of the molecule is CC(=O)CC(C)C1CCC2C3C(C)CC4CC(C)CC[C@]4(C)C3CC(C)[C@]12C. The summed E-state index contributed by atoms with van der Waals surface area (Å²) in [7, 11) is 0. The molecule has 0 aromatic carbocycles. The molecule has 160 valence electrons. The molecule has 0 aromatic heterocycles. The average molecular weight is 387 g/mol. The van der Waals surface area contributed by atoms with Crippen LogP contribution in [0.15, 0.2) is 0 Å². The Morgan fingerprint density at radius 2 is 1.71 bits per heavy atom. The van der Waals surface area contributed by atoms with Gasteiger partial charge in [0.05, 0.1) is 0 Å². The molecule has 0 radical (unpaired) electrons. The molecular formula is C27H46O. The van der Waals surface area contributed by atoms with E-state index in [1.54, 1.807) is 6.92 Å². The molecule has 1 heteroatoms. The van der Waals surface area contributed by atoms with Gasteiger partial charge >= 0.3 is 0 Å². The van der Waals surface area contributed by atoms with Crippen LogP contribution in [-0.2, 0) is 4.79 Å². The number of fused-ring (bicyclic) bond motifs is 5. The fraction of sp³-hybridized carbons (Fsp3) is 0.963. The second kappa shape index (κ2) is 7.12. The minimum atomic E-state index is 0.388. The normalized spacial score (nSPS) is 54.4. The molecular weight excluding hydrogens is 340 g/mol. The fourth-order valence-corrected chi connectivity index (χ4v) is 9.76. The third-order valence-corrected chi connectivity index (χ3v) is 11.2. The molecule has 0 amide bonds. The maximum Gasteiger partial charge on any atom is 0.130 e. The molecule has 0 aromatic rings. The van der Waals surface area contributed by atoms with Gasteiger partial charge in [0, 0.05) is 6.42 Å². The van der Waals surface area contributed by atoms with Crippen LogP contribution in [0.3, 0.4) is 0 Å². The van der Waals surface area contributed by atoms with Crippen molar-refractivity contribution in [2.45, 2.75) is 99.8 Å². The Balaban J connectivity index is 1.65. The predicted molar refractivity (Wildman–Crippen MR) is 118 cm³/mol. The molecule has 4 rings (SSSR count). The molecule has 4 fully saturated rings. The van der Waals surface area contributed by atoms with E-state index in [9.17, 15) is 4.79 Å². The summed E-state index contributed by atoms with van der Waals surface area (Å²) in [5.41, 5.74) is 1.05. The van der Waals surface area contributed by atoms with Gasteiger partial charge in [0.2, 0.25) is 0 Å². The van der Waals surface area contributed by atoms with Gasteiger partial charge in [-0.05, 0) is 110 Å². The van der Waals surface area contributed by atoms with Crippen molar-refractivity contribution in [3.63, 3.8) is 0 Å². The largest absolute Gasteiger partial charge is 0.300 e. The highest BCUT2D eigenvalue weighted by Crippen LogP contribution is 2.71. The first-order chi connectivity index (χ1) is 13.1. The van der Waals surface area contributed by atoms with Crippen LogP contribution in [0.2, 0.25) is 0 Å². The van der Waals surface area contributed by atoms with Crippen LogP contribution in [0.5, 0.6) is 0 Å². The second-order valence-corrected chi connectivity index (χ2v) is 12.7. The fourth-order valence-electron chi connectivity index (χ4n) is 9.76. The lowest BCUT2D eigenvalue weighted by Gasteiger charge is -2.65. The van der Waals surface area contributed by atoms with Gasteiger partial charge in [-0.1, -0.05) is 48.0 Å². The number of hydrogen-bond donors (Lipinski definition) is 0. The monoisotopic (exact) mass is 386 g/mol. The summed E-state index contributed by atoms with van der Waals surface area (Å²) in [4.78, 5) is 11.9. The molecule has 0 spiro atoms. The Labute approximate surface area is 174 Å². The van der Waals surface area contributed by atoms with Crippen LogP contribution in [0.1, 0.15) is 99.8 Å². The molecule has 0 saturated heterocycles. The first-order valence-corrected chi connectivity index (χ1v) is 12.6. The standard InChI is InChI=1S/C27H46O/c1-16-10-11-26(6)21(12-16)14-18(3)25-23-9-8-22(17(2)13-20(5)28)27(23,7)19(4)15-24(25)26/h16-19,21-25H,8-15H2,1-7H3/t16?,17?,18?,19?,21?,22?,23?,24?,25?,26-,27+/m0/s1. The van der Waals surface area contributed by atoms with Crippen molar-refractivity contribution in [1.29, 1.82) is 0 Å². The molecule has 28 heavy (non-hydrogen) atoms. The average Bonchev–Trinajstić information content (AvgIpc) is 2.95. The first kappa shape index (κ1) is 20.9. The topological polar surface area (TPSA) is 17.1 Å². The predicted octanol–water partition coefficient (Wildman–Crippen LogP) is 7.39. The number of rotatable bonds is 3. The summed E-state index contributed by atoms with van der Waals surface area (Å²) in [6.45, 7) is 17.2. The molecule has 4 aliphatic rings. The minimum absolute atomic E-state index is 0.388. The first-order valence-electron chi connectivity index (χ1n) is 12.6. The Bertz CT molecular complexity index is 609. The number of Topliss-reactive ketones (excluding diaryl/α,β-unsaturated/α-hetero) is 1. The summed E-state index contributed by atoms with van der Waals surface area (Å²) < 4.78 is 0. The van der Waals surface area contributed by atoms with Gasteiger partial charge in [0.25, 0.3) is 0 Å². The third kappa shape index (κ3) is 2.96. The second-order valence-electron chi connectivity index (χ2n) is 12.7. The maximum absolute atomic E-state index is 11.9. The highest BCUT2D eigenvalue weighted by Gasteiger charge is 2.64. The van der Waals surface area contributed by atoms with E-state index in [2.05, 4.69) is 41.5 Å². The van der Waals surface area contributed by atoms with Gasteiger partial charge in [-0.15, -0.1) is 0 Å². The smallest absolute Gasteiger partial charge is 0.130 e. The molecule has 0 N–H and O–H groups in total. The molecule has 1 nitrogen and oxygen atoms in total. The van der Waals surface area contributed by atoms with Crippen LogP contribution in [0, 0.1) is 64.1 Å². The van der Waals surface area contributed by atoms with E-state index in [0.29, 0.717) is 22.5 Å². The van der Waals surface area contributed by atoms with Crippen molar-refractivity contribution in [3.05, 3.63) is 0 Å². The van der Waals surface area contributed by atoms with Crippen LogP contribution in [0.4, 0.5) is 0 Å². The summed E-state index contributed by atoms with van der Waals surface area (Å²) in [5.74, 6) is 8.09. The molecule has 9 unspecified atom stereocenters. The Morgan fingerprint density at radius 3 is 2.39 bits per heavy atom. The number of carbonyl (C=O) groups is 1. The zero-order chi connectivity index (χ0) is 20.4. The van der Waals surface area contributed by atoms with Crippen molar-refractivity contribution >= 4 is 5.78 Å². The van der Waals surface area contributed by atoms with Gasteiger partial charge in [0.15, 0.2) is 0 Å². The Kier molecular flexibility index (Phi) is 5.32. The minimum Gasteiger partial charge on any atom is -0.300 e. The highest BCUT2D eigenvalue weighted by atomic mass is 16.1. The molecule has 4 saturated carbocycles. The maximum atomic E-state index is 11.9. The summed E-state index contributed by atoms with van der Waals surface area (Å²) in [5, 5.41) is 0. The lowest BCUT2D eigenvalue weighted by Crippen LogP contribution is -2.58. The molecule has 0 bridgehead atoms. The van der Waals surface area contributed by atoms with Crippen molar-refractivity contribution < 1.29 is 4.79 Å². The van der Waals surface area contributed by atoms with Gasteiger partial charge in [-0.2, -0.15) is 0 Å². The number of hydrogen-bond acceptors (Lipinski definition) is 1. The zero-order valence-electron chi connectivity index (χ0n) is 19.8. The molecule has 0 heterocycles. The van der Waals surface area contributed by atoms with Crippen molar-refractivity contribution in [2.24, 2.45) is 64.1 Å². The van der Waals surface area contributed by atoms with E-state index in [-0.39, 0.29) is 0 Å². The Hall–Kier alpha value is -0.330.